The first-order chi connectivity index (χ1) is 12.7. The van der Waals surface area contributed by atoms with E-state index in [9.17, 15) is 9.59 Å². The maximum absolute atomic E-state index is 12.1. The summed E-state index contributed by atoms with van der Waals surface area (Å²) < 4.78 is 0. The number of nitrogens with one attached hydrogen (secondary N) is 3. The molecule has 3 aromatic rings. The molecule has 0 aliphatic carbocycles. The Morgan fingerprint density at radius 3 is 2.58 bits per heavy atom. The number of anilines is 1. The smallest absolute Gasteiger partial charge is 0.252 e. The van der Waals surface area contributed by atoms with E-state index in [0.29, 0.717) is 25.1 Å². The zero-order valence-corrected chi connectivity index (χ0v) is 14.8. The molecule has 0 fully saturated rings. The van der Waals surface area contributed by atoms with Crippen molar-refractivity contribution in [2.75, 3.05) is 5.32 Å². The summed E-state index contributed by atoms with van der Waals surface area (Å²) in [5.74, 6) is 0.0360. The van der Waals surface area contributed by atoms with Crippen LogP contribution in [-0.4, -0.2) is 10.9 Å². The molecule has 1 aromatic heterocycles. The number of benzene rings is 2. The van der Waals surface area contributed by atoms with Gasteiger partial charge in [0, 0.05) is 36.3 Å². The van der Waals surface area contributed by atoms with Crippen molar-refractivity contribution in [3.05, 3.63) is 76.1 Å². The zero-order chi connectivity index (χ0) is 18.4. The maximum atomic E-state index is 12.1. The standard InChI is InChI=1S/C21H23N3O2/c1-2-5-20(25)23-18-10-8-15(9-11-18)13-22-14-17-12-16-6-3-4-7-19(16)24-21(17)26/h3-4,6-12,22H,2,5,13-14H2,1H3,(H,23,25)(H,24,26). The molecule has 0 atom stereocenters. The van der Waals surface area contributed by atoms with E-state index in [1.807, 2.05) is 61.5 Å². The molecule has 0 aliphatic rings. The van der Waals surface area contributed by atoms with E-state index in [4.69, 9.17) is 0 Å². The Bertz CT molecular complexity index is 945. The van der Waals surface area contributed by atoms with E-state index in [1.165, 1.54) is 0 Å². The summed E-state index contributed by atoms with van der Waals surface area (Å²) in [6, 6.07) is 17.4. The fourth-order valence-corrected chi connectivity index (χ4v) is 2.82. The van der Waals surface area contributed by atoms with Crippen LogP contribution in [0.15, 0.2) is 59.4 Å². The van der Waals surface area contributed by atoms with E-state index in [0.717, 1.165) is 28.6 Å². The Hall–Kier alpha value is -2.92. The molecule has 2 aromatic carbocycles. The van der Waals surface area contributed by atoms with Crippen LogP contribution in [0.5, 0.6) is 0 Å². The minimum absolute atomic E-state index is 0.0360. The topological polar surface area (TPSA) is 74.0 Å². The average Bonchev–Trinajstić information content (AvgIpc) is 2.64. The Morgan fingerprint density at radius 2 is 1.81 bits per heavy atom. The molecule has 0 unspecified atom stereocenters. The number of aromatic amines is 1. The fourth-order valence-electron chi connectivity index (χ4n) is 2.82. The van der Waals surface area contributed by atoms with Gasteiger partial charge in [0.25, 0.3) is 5.56 Å². The fraction of sp³-hybridized carbons (Fsp3) is 0.238. The highest BCUT2D eigenvalue weighted by Gasteiger charge is 2.03. The number of aromatic nitrogens is 1. The third kappa shape index (κ3) is 4.58. The number of H-pyrrole nitrogens is 1. The monoisotopic (exact) mass is 349 g/mol. The lowest BCUT2D eigenvalue weighted by Gasteiger charge is -2.08. The van der Waals surface area contributed by atoms with Gasteiger partial charge < -0.3 is 15.6 Å². The summed E-state index contributed by atoms with van der Waals surface area (Å²) in [4.78, 5) is 26.6. The summed E-state index contributed by atoms with van der Waals surface area (Å²) >= 11 is 0. The van der Waals surface area contributed by atoms with Crippen molar-refractivity contribution >= 4 is 22.5 Å². The van der Waals surface area contributed by atoms with Gasteiger partial charge in [0.1, 0.15) is 0 Å². The van der Waals surface area contributed by atoms with Gasteiger partial charge in [-0.1, -0.05) is 37.3 Å². The summed E-state index contributed by atoms with van der Waals surface area (Å²) in [7, 11) is 0. The first-order valence-corrected chi connectivity index (χ1v) is 8.86. The van der Waals surface area contributed by atoms with Crippen LogP contribution in [0.3, 0.4) is 0 Å². The average molecular weight is 349 g/mol. The molecule has 1 amide bonds. The number of amides is 1. The summed E-state index contributed by atoms with van der Waals surface area (Å²) in [6.45, 7) is 3.12. The molecule has 0 saturated heterocycles. The number of pyridine rings is 1. The highest BCUT2D eigenvalue weighted by atomic mass is 16.1. The van der Waals surface area contributed by atoms with Crippen molar-refractivity contribution in [1.82, 2.24) is 10.3 Å². The Labute approximate surface area is 152 Å². The summed E-state index contributed by atoms with van der Waals surface area (Å²) in [6.07, 6.45) is 1.37. The summed E-state index contributed by atoms with van der Waals surface area (Å²) in [5, 5.41) is 7.19. The van der Waals surface area contributed by atoms with E-state index in [-0.39, 0.29) is 11.5 Å². The molecular weight excluding hydrogens is 326 g/mol. The van der Waals surface area contributed by atoms with Crippen LogP contribution in [-0.2, 0) is 17.9 Å². The SMILES string of the molecule is CCCC(=O)Nc1ccc(CNCc2cc3ccccc3[nH]c2=O)cc1. The van der Waals surface area contributed by atoms with Crippen LogP contribution in [0.2, 0.25) is 0 Å². The molecule has 3 N–H and O–H groups in total. The molecule has 5 nitrogen and oxygen atoms in total. The lowest BCUT2D eigenvalue weighted by Crippen LogP contribution is -2.20. The number of fused-ring (bicyclic) bond motifs is 1. The molecule has 0 bridgehead atoms. The van der Waals surface area contributed by atoms with Crippen LogP contribution in [0.25, 0.3) is 10.9 Å². The van der Waals surface area contributed by atoms with Crippen LogP contribution < -0.4 is 16.2 Å². The predicted octanol–water partition coefficient (Wildman–Crippen LogP) is 3.56. The van der Waals surface area contributed by atoms with Crippen molar-refractivity contribution in [3.8, 4) is 0 Å². The van der Waals surface area contributed by atoms with Gasteiger partial charge in [0.15, 0.2) is 0 Å². The first-order valence-electron chi connectivity index (χ1n) is 8.86. The predicted molar refractivity (Wildman–Crippen MR) is 105 cm³/mol. The highest BCUT2D eigenvalue weighted by Crippen LogP contribution is 2.12. The number of hydrogen-bond donors (Lipinski definition) is 3. The minimum Gasteiger partial charge on any atom is -0.326 e. The molecule has 134 valence electrons. The van der Waals surface area contributed by atoms with E-state index in [1.54, 1.807) is 0 Å². The lowest BCUT2D eigenvalue weighted by atomic mass is 10.1. The zero-order valence-electron chi connectivity index (χ0n) is 14.8. The molecule has 1 heterocycles. The number of carbonyl (C=O) groups excluding carboxylic acids is 1. The summed E-state index contributed by atoms with van der Waals surface area (Å²) in [5.41, 5.74) is 3.40. The van der Waals surface area contributed by atoms with Crippen molar-refractivity contribution in [2.24, 2.45) is 0 Å². The Morgan fingerprint density at radius 1 is 1.04 bits per heavy atom. The van der Waals surface area contributed by atoms with Gasteiger partial charge >= 0.3 is 0 Å². The van der Waals surface area contributed by atoms with E-state index >= 15 is 0 Å². The van der Waals surface area contributed by atoms with Gasteiger partial charge in [-0.05, 0) is 41.6 Å². The lowest BCUT2D eigenvalue weighted by molar-refractivity contribution is -0.116. The van der Waals surface area contributed by atoms with Crippen molar-refractivity contribution in [3.63, 3.8) is 0 Å². The van der Waals surface area contributed by atoms with Gasteiger partial charge in [-0.2, -0.15) is 0 Å². The molecule has 3 rings (SSSR count). The molecule has 0 aliphatic heterocycles. The molecule has 0 spiro atoms. The normalized spacial score (nSPS) is 10.8. The van der Waals surface area contributed by atoms with Gasteiger partial charge in [-0.3, -0.25) is 9.59 Å². The second-order valence-electron chi connectivity index (χ2n) is 6.31. The van der Waals surface area contributed by atoms with Crippen molar-refractivity contribution in [1.29, 1.82) is 0 Å². The highest BCUT2D eigenvalue weighted by molar-refractivity contribution is 5.90. The molecule has 5 heteroatoms. The van der Waals surface area contributed by atoms with E-state index in [2.05, 4.69) is 15.6 Å². The number of rotatable bonds is 7. The first kappa shape index (κ1) is 17.9. The van der Waals surface area contributed by atoms with Crippen molar-refractivity contribution in [2.45, 2.75) is 32.9 Å². The van der Waals surface area contributed by atoms with Gasteiger partial charge in [0.2, 0.25) is 5.91 Å². The Kier molecular flexibility index (Phi) is 5.81. The second kappa shape index (κ2) is 8.45. The Balaban J connectivity index is 1.57. The third-order valence-corrected chi connectivity index (χ3v) is 4.19. The third-order valence-electron chi connectivity index (χ3n) is 4.19. The van der Waals surface area contributed by atoms with Crippen molar-refractivity contribution < 1.29 is 4.79 Å². The second-order valence-corrected chi connectivity index (χ2v) is 6.31. The van der Waals surface area contributed by atoms with E-state index < -0.39 is 0 Å². The van der Waals surface area contributed by atoms with Crippen LogP contribution in [0, 0.1) is 0 Å². The van der Waals surface area contributed by atoms with Crippen LogP contribution in [0.1, 0.15) is 30.9 Å². The molecular formula is C21H23N3O2. The minimum atomic E-state index is -0.0646. The van der Waals surface area contributed by atoms with Gasteiger partial charge in [0.05, 0.1) is 0 Å². The molecule has 0 radical (unpaired) electrons. The molecule has 0 saturated carbocycles. The van der Waals surface area contributed by atoms with Gasteiger partial charge in [-0.15, -0.1) is 0 Å². The quantitative estimate of drug-likeness (QED) is 0.611. The number of para-hydroxylation sites is 1. The molecule has 26 heavy (non-hydrogen) atoms. The number of hydrogen-bond acceptors (Lipinski definition) is 3. The van der Waals surface area contributed by atoms with Crippen LogP contribution in [0.4, 0.5) is 5.69 Å². The number of carbonyl (C=O) groups is 1. The maximum Gasteiger partial charge on any atom is 0.252 e. The van der Waals surface area contributed by atoms with Gasteiger partial charge in [-0.25, -0.2) is 0 Å². The van der Waals surface area contributed by atoms with Crippen LogP contribution >= 0.6 is 0 Å². The largest absolute Gasteiger partial charge is 0.326 e.